The molecule has 0 aliphatic rings. The molecule has 4 N–H and O–H groups in total. The van der Waals surface area contributed by atoms with Crippen LogP contribution in [0.4, 0.5) is 0 Å². The van der Waals surface area contributed by atoms with Gasteiger partial charge in [0, 0.05) is 0 Å². The molecule has 86 valence electrons. The van der Waals surface area contributed by atoms with Gasteiger partial charge in [0.2, 0.25) is 0 Å². The molecule has 14 heavy (non-hydrogen) atoms. The molecule has 8 nitrogen and oxygen atoms in total. The van der Waals surface area contributed by atoms with Crippen molar-refractivity contribution >= 4 is 34.7 Å². The minimum Gasteiger partial charge on any atom is -0.310 e. The van der Waals surface area contributed by atoms with Crippen LogP contribution in [0.2, 0.25) is 0 Å². The van der Waals surface area contributed by atoms with E-state index >= 15 is 0 Å². The van der Waals surface area contributed by atoms with E-state index in [-0.39, 0.29) is 33.6 Å². The Hall–Kier alpha value is 1.25. The second-order valence-corrected chi connectivity index (χ2v) is 0.980. The summed E-state index contributed by atoms with van der Waals surface area (Å²) in [6.07, 6.45) is 0. The van der Waals surface area contributed by atoms with Crippen molar-refractivity contribution in [1.82, 2.24) is 0 Å². The van der Waals surface area contributed by atoms with Crippen LogP contribution in [0.15, 0.2) is 0 Å². The summed E-state index contributed by atoms with van der Waals surface area (Å²) in [5.41, 5.74) is 0. The third kappa shape index (κ3) is 1270. The maximum Gasteiger partial charge on any atom is 2.00 e. The standard InChI is InChI=1S/Fe.Ni.4HO2P/c;;4*1-3-2/h;;4*(H,1,2)/q2*+2;;;;. The molecule has 0 fully saturated rings. The molecule has 14 heteroatoms. The fourth-order valence-corrected chi connectivity index (χ4v) is 0. The van der Waals surface area contributed by atoms with Gasteiger partial charge in [-0.25, -0.2) is 18.3 Å². The summed E-state index contributed by atoms with van der Waals surface area (Å²) in [5.74, 6) is 0. The summed E-state index contributed by atoms with van der Waals surface area (Å²) in [4.78, 5) is 27.9. The first-order valence-corrected chi connectivity index (χ1v) is 4.59. The summed E-state index contributed by atoms with van der Waals surface area (Å²) in [5, 5.41) is 0. The Morgan fingerprint density at radius 3 is 0.571 bits per heavy atom. The van der Waals surface area contributed by atoms with Crippen LogP contribution in [-0.4, -0.2) is 19.6 Å². The van der Waals surface area contributed by atoms with Crippen LogP contribution in [0.1, 0.15) is 0 Å². The van der Waals surface area contributed by atoms with Crippen LogP contribution < -0.4 is 0 Å². The monoisotopic (exact) mass is 370 g/mol. The molecule has 0 aromatic carbocycles. The minimum absolute atomic E-state index is 0. The molecule has 0 amide bonds. The van der Waals surface area contributed by atoms with E-state index in [4.69, 9.17) is 37.8 Å². The van der Waals surface area contributed by atoms with Gasteiger partial charge in [-0.15, -0.1) is 0 Å². The molecule has 0 aliphatic heterocycles. The van der Waals surface area contributed by atoms with Crippen LogP contribution in [0.25, 0.3) is 0 Å². The van der Waals surface area contributed by atoms with E-state index in [1.54, 1.807) is 0 Å². The minimum atomic E-state index is -0.833. The van der Waals surface area contributed by atoms with Gasteiger partial charge in [0.05, 0.1) is 0 Å². The Labute approximate surface area is 106 Å². The Morgan fingerprint density at radius 1 is 0.571 bits per heavy atom. The van der Waals surface area contributed by atoms with E-state index in [2.05, 4.69) is 0 Å². The topological polar surface area (TPSA) is 149 Å². The van der Waals surface area contributed by atoms with Crippen LogP contribution >= 0.6 is 34.7 Å². The zero-order valence-corrected chi connectivity index (χ0v) is 11.5. The predicted octanol–water partition coefficient (Wildman–Crippen LogP) is 0.737. The first kappa shape index (κ1) is 36.2. The van der Waals surface area contributed by atoms with Gasteiger partial charge in [-0.3, -0.25) is 0 Å². The molecule has 0 heterocycles. The first-order chi connectivity index (χ1) is 5.66. The third-order valence-electron chi connectivity index (χ3n) is 0. The van der Waals surface area contributed by atoms with Gasteiger partial charge in [-0.05, 0) is 0 Å². The summed E-state index contributed by atoms with van der Waals surface area (Å²) < 4.78 is 33.8. The van der Waals surface area contributed by atoms with Crippen molar-refractivity contribution in [2.75, 3.05) is 0 Å². The van der Waals surface area contributed by atoms with Crippen LogP contribution in [0, 0.1) is 0 Å². The molecule has 0 saturated carbocycles. The normalized spacial score (nSPS) is 6.00. The molecule has 0 aromatic heterocycles. The van der Waals surface area contributed by atoms with Crippen molar-refractivity contribution < 1.29 is 71.4 Å². The van der Waals surface area contributed by atoms with E-state index in [9.17, 15) is 0 Å². The second kappa shape index (κ2) is 90.7. The Balaban J connectivity index is -0.0000000145. The quantitative estimate of drug-likeness (QED) is 0.360. The molecule has 0 bridgehead atoms. The molecule has 0 rings (SSSR count). The number of hydrogen-bond donors (Lipinski definition) is 4. The van der Waals surface area contributed by atoms with E-state index in [0.717, 1.165) is 0 Å². The molecule has 0 aliphatic carbocycles. The predicted molar refractivity (Wildman–Crippen MR) is 39.3 cm³/mol. The molecular weight excluding hydrogens is 366 g/mol. The fourth-order valence-electron chi connectivity index (χ4n) is 0. The Kier molecular flexibility index (Phi) is 235. The molecule has 0 saturated heterocycles. The molecule has 0 aromatic rings. The maximum absolute atomic E-state index is 8.46. The second-order valence-electron chi connectivity index (χ2n) is 0.327. The Morgan fingerprint density at radius 2 is 0.571 bits per heavy atom. The SMILES string of the molecule is O=PO.O=PO.O=PO.O=PO.[Fe+2].[Ni+2]. The summed E-state index contributed by atoms with van der Waals surface area (Å²) in [6.45, 7) is 0. The molecular formula is H4FeNiO8P4+4. The van der Waals surface area contributed by atoms with Crippen LogP contribution in [0.3, 0.4) is 0 Å². The zero-order valence-electron chi connectivity index (χ0n) is 5.88. The first-order valence-electron chi connectivity index (χ1n) is 1.53. The largest absolute Gasteiger partial charge is 2.00 e. The fraction of sp³-hybridized carbons (Fsp3) is 0. The summed E-state index contributed by atoms with van der Waals surface area (Å²) in [6, 6.07) is 0. The van der Waals surface area contributed by atoms with Gasteiger partial charge in [0.1, 0.15) is 0 Å². The smallest absolute Gasteiger partial charge is 0.310 e. The van der Waals surface area contributed by atoms with Gasteiger partial charge < -0.3 is 19.6 Å². The average molecular weight is 370 g/mol. The van der Waals surface area contributed by atoms with Gasteiger partial charge in [-0.1, -0.05) is 0 Å². The van der Waals surface area contributed by atoms with E-state index < -0.39 is 34.7 Å². The van der Waals surface area contributed by atoms with Gasteiger partial charge in [0.15, 0.2) is 0 Å². The van der Waals surface area contributed by atoms with Crippen molar-refractivity contribution in [3.05, 3.63) is 0 Å². The molecule has 0 radical (unpaired) electrons. The van der Waals surface area contributed by atoms with E-state index in [1.165, 1.54) is 0 Å². The number of rotatable bonds is 0. The number of hydrogen-bond acceptors (Lipinski definition) is 4. The van der Waals surface area contributed by atoms with Crippen molar-refractivity contribution in [2.45, 2.75) is 0 Å². The van der Waals surface area contributed by atoms with Crippen molar-refractivity contribution in [3.8, 4) is 0 Å². The average Bonchev–Trinajstić information content (AvgIpc) is 1.92. The summed E-state index contributed by atoms with van der Waals surface area (Å²) >= 11 is 0. The van der Waals surface area contributed by atoms with Crippen LogP contribution in [0.5, 0.6) is 0 Å². The summed E-state index contributed by atoms with van der Waals surface area (Å²) in [7, 11) is -3.33. The maximum atomic E-state index is 8.46. The zero-order chi connectivity index (χ0) is 10.8. The molecule has 0 spiro atoms. The molecule has 0 atom stereocenters. The Bertz CT molecular complexity index is 75.3. The third-order valence-corrected chi connectivity index (χ3v) is 0. The van der Waals surface area contributed by atoms with Gasteiger partial charge in [-0.2, -0.15) is 0 Å². The van der Waals surface area contributed by atoms with Crippen molar-refractivity contribution in [3.63, 3.8) is 0 Å². The van der Waals surface area contributed by atoms with Crippen molar-refractivity contribution in [1.29, 1.82) is 0 Å². The van der Waals surface area contributed by atoms with Gasteiger partial charge >= 0.3 is 68.3 Å². The van der Waals surface area contributed by atoms with E-state index in [1.807, 2.05) is 0 Å². The molecule has 0 unspecified atom stereocenters. The van der Waals surface area contributed by atoms with Gasteiger partial charge in [0.25, 0.3) is 0 Å². The van der Waals surface area contributed by atoms with E-state index in [0.29, 0.717) is 0 Å². The van der Waals surface area contributed by atoms with Crippen molar-refractivity contribution in [2.24, 2.45) is 0 Å². The van der Waals surface area contributed by atoms with Crippen LogP contribution in [-0.2, 0) is 51.8 Å².